The maximum atomic E-state index is 12.7. The average Bonchev–Trinajstić information content (AvgIpc) is 3.10. The van der Waals surface area contributed by atoms with E-state index in [9.17, 15) is 4.79 Å². The number of aromatic nitrogens is 2. The predicted octanol–water partition coefficient (Wildman–Crippen LogP) is 3.58. The Balaban J connectivity index is 2.05. The van der Waals surface area contributed by atoms with Crippen LogP contribution >= 0.6 is 23.6 Å². The first-order valence-electron chi connectivity index (χ1n) is 6.94. The maximum absolute atomic E-state index is 12.7. The van der Waals surface area contributed by atoms with Gasteiger partial charge in [0.25, 0.3) is 5.56 Å². The van der Waals surface area contributed by atoms with E-state index in [1.165, 1.54) is 16.9 Å². The zero-order chi connectivity index (χ0) is 13.1. The summed E-state index contributed by atoms with van der Waals surface area (Å²) in [7, 11) is 0. The number of thiophene rings is 1. The van der Waals surface area contributed by atoms with Gasteiger partial charge in [-0.25, -0.2) is 0 Å². The standard InChI is InChI=1S/C14H16N2OS2/c1-7-2-5-9-10(6-7)19-12-11(9)13(17)16(8-3-4-8)14(18)15-12/h7-8H,2-6H2,1H3,(H,15,18)/t7-/m0/s1. The quantitative estimate of drug-likeness (QED) is 0.816. The molecule has 0 unspecified atom stereocenters. The zero-order valence-corrected chi connectivity index (χ0v) is 12.5. The third-order valence-electron chi connectivity index (χ3n) is 4.30. The second-order valence-electron chi connectivity index (χ2n) is 5.89. The Morgan fingerprint density at radius 3 is 2.89 bits per heavy atom. The lowest BCUT2D eigenvalue weighted by Gasteiger charge is -2.17. The number of nitrogens with one attached hydrogen (secondary N) is 1. The first kappa shape index (κ1) is 11.9. The molecule has 0 bridgehead atoms. The molecule has 0 aliphatic heterocycles. The minimum Gasteiger partial charge on any atom is -0.323 e. The van der Waals surface area contributed by atoms with Crippen LogP contribution in [0.25, 0.3) is 10.2 Å². The maximum Gasteiger partial charge on any atom is 0.263 e. The molecule has 2 aliphatic carbocycles. The van der Waals surface area contributed by atoms with Crippen molar-refractivity contribution in [2.45, 2.75) is 45.1 Å². The van der Waals surface area contributed by atoms with Crippen molar-refractivity contribution in [3.05, 3.63) is 25.6 Å². The van der Waals surface area contributed by atoms with Gasteiger partial charge in [0.05, 0.1) is 5.39 Å². The van der Waals surface area contributed by atoms with Gasteiger partial charge in [-0.3, -0.25) is 9.36 Å². The van der Waals surface area contributed by atoms with E-state index in [4.69, 9.17) is 12.2 Å². The smallest absolute Gasteiger partial charge is 0.263 e. The van der Waals surface area contributed by atoms with Crippen LogP contribution in [0.2, 0.25) is 0 Å². The van der Waals surface area contributed by atoms with Crippen LogP contribution in [0.3, 0.4) is 0 Å². The van der Waals surface area contributed by atoms with Gasteiger partial charge in [-0.2, -0.15) is 0 Å². The average molecular weight is 292 g/mol. The number of hydrogen-bond acceptors (Lipinski definition) is 3. The van der Waals surface area contributed by atoms with Crippen LogP contribution in [0.1, 0.15) is 42.7 Å². The van der Waals surface area contributed by atoms with Crippen LogP contribution in [0.15, 0.2) is 4.79 Å². The van der Waals surface area contributed by atoms with Gasteiger partial charge in [-0.15, -0.1) is 11.3 Å². The molecule has 0 spiro atoms. The Kier molecular flexibility index (Phi) is 2.51. The Morgan fingerprint density at radius 2 is 2.16 bits per heavy atom. The second kappa shape index (κ2) is 4.03. The monoisotopic (exact) mass is 292 g/mol. The van der Waals surface area contributed by atoms with Crippen molar-refractivity contribution in [2.75, 3.05) is 0 Å². The lowest BCUT2D eigenvalue weighted by atomic mass is 9.89. The molecule has 2 aliphatic rings. The number of rotatable bonds is 1. The van der Waals surface area contributed by atoms with Crippen LogP contribution in [0.4, 0.5) is 0 Å². The molecule has 100 valence electrons. The Hall–Kier alpha value is -0.940. The van der Waals surface area contributed by atoms with Gasteiger partial charge in [0.1, 0.15) is 4.83 Å². The highest BCUT2D eigenvalue weighted by atomic mass is 32.1. The molecule has 1 fully saturated rings. The van der Waals surface area contributed by atoms with E-state index in [-0.39, 0.29) is 5.56 Å². The van der Waals surface area contributed by atoms with Crippen molar-refractivity contribution < 1.29 is 0 Å². The first-order valence-corrected chi connectivity index (χ1v) is 8.16. The van der Waals surface area contributed by atoms with E-state index in [0.717, 1.165) is 41.8 Å². The predicted molar refractivity (Wildman–Crippen MR) is 80.7 cm³/mol. The van der Waals surface area contributed by atoms with Crippen molar-refractivity contribution in [2.24, 2.45) is 5.92 Å². The lowest BCUT2D eigenvalue weighted by Crippen LogP contribution is -2.22. The zero-order valence-electron chi connectivity index (χ0n) is 10.9. The molecule has 0 saturated heterocycles. The molecule has 3 nitrogen and oxygen atoms in total. The Labute approximate surface area is 120 Å². The molecular weight excluding hydrogens is 276 g/mol. The summed E-state index contributed by atoms with van der Waals surface area (Å²) in [5.74, 6) is 0.731. The van der Waals surface area contributed by atoms with Gasteiger partial charge in [0.2, 0.25) is 0 Å². The van der Waals surface area contributed by atoms with E-state index < -0.39 is 0 Å². The Morgan fingerprint density at radius 1 is 1.37 bits per heavy atom. The van der Waals surface area contributed by atoms with Crippen molar-refractivity contribution in [1.29, 1.82) is 0 Å². The largest absolute Gasteiger partial charge is 0.323 e. The minimum atomic E-state index is 0.147. The van der Waals surface area contributed by atoms with Gasteiger partial charge < -0.3 is 4.98 Å². The number of H-pyrrole nitrogens is 1. The van der Waals surface area contributed by atoms with E-state index in [2.05, 4.69) is 11.9 Å². The van der Waals surface area contributed by atoms with Crippen LogP contribution in [0.5, 0.6) is 0 Å². The number of fused-ring (bicyclic) bond motifs is 3. The highest BCUT2D eigenvalue weighted by Crippen LogP contribution is 2.38. The number of aromatic amines is 1. The van der Waals surface area contributed by atoms with Crippen molar-refractivity contribution >= 4 is 33.8 Å². The summed E-state index contributed by atoms with van der Waals surface area (Å²) < 4.78 is 2.41. The van der Waals surface area contributed by atoms with Gasteiger partial charge >= 0.3 is 0 Å². The summed E-state index contributed by atoms with van der Waals surface area (Å²) in [6, 6.07) is 0.346. The molecule has 0 amide bonds. The molecule has 5 heteroatoms. The number of nitrogens with zero attached hydrogens (tertiary/aromatic N) is 1. The van der Waals surface area contributed by atoms with Crippen LogP contribution in [0, 0.1) is 10.7 Å². The van der Waals surface area contributed by atoms with Gasteiger partial charge in [0.15, 0.2) is 4.77 Å². The fraction of sp³-hybridized carbons (Fsp3) is 0.571. The van der Waals surface area contributed by atoms with Gasteiger partial charge in [0, 0.05) is 10.9 Å². The first-order chi connectivity index (χ1) is 9.15. The molecule has 4 rings (SSSR count). The molecule has 2 heterocycles. The van der Waals surface area contributed by atoms with Crippen LogP contribution < -0.4 is 5.56 Å². The molecular formula is C14H16N2OS2. The second-order valence-corrected chi connectivity index (χ2v) is 7.38. The lowest BCUT2D eigenvalue weighted by molar-refractivity contribution is 0.509. The van der Waals surface area contributed by atoms with Crippen molar-refractivity contribution in [3.8, 4) is 0 Å². The van der Waals surface area contributed by atoms with E-state index in [1.54, 1.807) is 11.3 Å². The summed E-state index contributed by atoms with van der Waals surface area (Å²) in [4.78, 5) is 18.4. The minimum absolute atomic E-state index is 0.147. The molecule has 0 aromatic carbocycles. The molecule has 19 heavy (non-hydrogen) atoms. The normalized spacial score (nSPS) is 22.7. The van der Waals surface area contributed by atoms with E-state index >= 15 is 0 Å². The van der Waals surface area contributed by atoms with Crippen molar-refractivity contribution in [3.63, 3.8) is 0 Å². The summed E-state index contributed by atoms with van der Waals surface area (Å²) in [6.45, 7) is 2.29. The SMILES string of the molecule is C[C@H]1CCc2c(sc3[nH]c(=S)n(C4CC4)c(=O)c23)C1. The summed E-state index contributed by atoms with van der Waals surface area (Å²) >= 11 is 7.10. The van der Waals surface area contributed by atoms with E-state index in [1.807, 2.05) is 4.57 Å². The molecule has 1 N–H and O–H groups in total. The number of aryl methyl sites for hydroxylation is 1. The molecule has 0 radical (unpaired) electrons. The summed E-state index contributed by atoms with van der Waals surface area (Å²) in [5, 5.41) is 0.924. The summed E-state index contributed by atoms with van der Waals surface area (Å²) in [5.41, 5.74) is 1.44. The summed E-state index contributed by atoms with van der Waals surface area (Å²) in [6.07, 6.45) is 5.52. The third kappa shape index (κ3) is 1.75. The van der Waals surface area contributed by atoms with Gasteiger partial charge in [-0.1, -0.05) is 6.92 Å². The topological polar surface area (TPSA) is 37.8 Å². The number of hydrogen-bond donors (Lipinski definition) is 1. The van der Waals surface area contributed by atoms with Gasteiger partial charge in [-0.05, 0) is 55.8 Å². The molecule has 2 aromatic rings. The fourth-order valence-electron chi connectivity index (χ4n) is 3.10. The van der Waals surface area contributed by atoms with Crippen LogP contribution in [-0.2, 0) is 12.8 Å². The highest BCUT2D eigenvalue weighted by molar-refractivity contribution is 7.71. The highest BCUT2D eigenvalue weighted by Gasteiger charge is 2.29. The third-order valence-corrected chi connectivity index (χ3v) is 5.76. The molecule has 2 aromatic heterocycles. The molecule has 1 saturated carbocycles. The van der Waals surface area contributed by atoms with Crippen molar-refractivity contribution in [1.82, 2.24) is 9.55 Å². The van der Waals surface area contributed by atoms with Crippen LogP contribution in [-0.4, -0.2) is 9.55 Å². The Bertz CT molecular complexity index is 779. The fourth-order valence-corrected chi connectivity index (χ4v) is 4.90. The van der Waals surface area contributed by atoms with E-state index in [0.29, 0.717) is 10.8 Å². The molecule has 1 atom stereocenters.